The number of aliphatic imine (C=N–C) groups is 1. The summed E-state index contributed by atoms with van der Waals surface area (Å²) in [4.78, 5) is 27.0. The molecule has 0 unspecified atom stereocenters. The Morgan fingerprint density at radius 1 is 1.17 bits per heavy atom. The van der Waals surface area contributed by atoms with Crippen molar-refractivity contribution in [2.45, 2.75) is 19.3 Å². The Balaban J connectivity index is 0.00000208. The highest BCUT2D eigenvalue weighted by Crippen LogP contribution is 2.18. The number of carbonyl (C=O) groups excluding carboxylic acids is 1. The Kier molecular flexibility index (Phi) is 7.53. The number of amides is 1. The predicted octanol–water partition coefficient (Wildman–Crippen LogP) is 1.21. The van der Waals surface area contributed by atoms with Gasteiger partial charge in [0.25, 0.3) is 0 Å². The van der Waals surface area contributed by atoms with Crippen LogP contribution in [-0.4, -0.2) is 72.5 Å². The summed E-state index contributed by atoms with van der Waals surface area (Å²) in [6.45, 7) is 5.76. The molecule has 134 valence electrons. The molecule has 1 aromatic rings. The Labute approximate surface area is 163 Å². The molecule has 1 amide bonds. The van der Waals surface area contributed by atoms with E-state index in [9.17, 15) is 4.79 Å². The van der Waals surface area contributed by atoms with Crippen LogP contribution in [0.15, 0.2) is 16.6 Å². The van der Waals surface area contributed by atoms with Crippen molar-refractivity contribution in [2.24, 2.45) is 10.7 Å². The van der Waals surface area contributed by atoms with Crippen molar-refractivity contribution in [1.82, 2.24) is 14.8 Å². The van der Waals surface area contributed by atoms with Crippen LogP contribution >= 0.6 is 35.3 Å². The number of halogens is 1. The standard InChI is InChI=1S/C15H24N6OS.HI/c16-14(17-4-3-13(22)19-6-1-2-7-19)20-8-10-21(11-9-20)15-18-5-12-23-15;/h5,12H,1-4,6-11H2,(H2,16,17);1H. The van der Waals surface area contributed by atoms with Gasteiger partial charge < -0.3 is 20.4 Å². The van der Waals surface area contributed by atoms with Gasteiger partial charge in [-0.15, -0.1) is 35.3 Å². The van der Waals surface area contributed by atoms with Crippen LogP contribution in [0.4, 0.5) is 5.13 Å². The molecule has 2 aliphatic rings. The monoisotopic (exact) mass is 464 g/mol. The van der Waals surface area contributed by atoms with E-state index in [1.165, 1.54) is 0 Å². The highest BCUT2D eigenvalue weighted by Gasteiger charge is 2.20. The fraction of sp³-hybridized carbons (Fsp3) is 0.667. The van der Waals surface area contributed by atoms with Crippen LogP contribution in [0, 0.1) is 0 Å². The quantitative estimate of drug-likeness (QED) is 0.412. The van der Waals surface area contributed by atoms with Crippen molar-refractivity contribution in [3.05, 3.63) is 11.6 Å². The highest BCUT2D eigenvalue weighted by atomic mass is 127. The molecule has 0 bridgehead atoms. The first-order valence-electron chi connectivity index (χ1n) is 8.21. The number of likely N-dealkylation sites (tertiary alicyclic amines) is 1. The van der Waals surface area contributed by atoms with E-state index in [0.717, 1.165) is 57.2 Å². The van der Waals surface area contributed by atoms with Crippen LogP contribution in [0.2, 0.25) is 0 Å². The Morgan fingerprint density at radius 2 is 1.88 bits per heavy atom. The second-order valence-electron chi connectivity index (χ2n) is 5.87. The first-order chi connectivity index (χ1) is 11.2. The largest absolute Gasteiger partial charge is 0.370 e. The second-order valence-corrected chi connectivity index (χ2v) is 6.74. The highest BCUT2D eigenvalue weighted by molar-refractivity contribution is 14.0. The fourth-order valence-electron chi connectivity index (χ4n) is 2.99. The average Bonchev–Trinajstić information content (AvgIpc) is 3.28. The predicted molar refractivity (Wildman–Crippen MR) is 108 cm³/mol. The maximum absolute atomic E-state index is 12.0. The summed E-state index contributed by atoms with van der Waals surface area (Å²) in [6, 6.07) is 0. The van der Waals surface area contributed by atoms with Gasteiger partial charge in [-0.25, -0.2) is 4.98 Å². The third kappa shape index (κ3) is 4.95. The number of hydrogen-bond donors (Lipinski definition) is 1. The summed E-state index contributed by atoms with van der Waals surface area (Å²) in [5.41, 5.74) is 6.07. The number of rotatable bonds is 4. The zero-order valence-electron chi connectivity index (χ0n) is 13.8. The molecular formula is C15H25IN6OS. The Morgan fingerprint density at radius 3 is 2.50 bits per heavy atom. The molecule has 2 saturated heterocycles. The average molecular weight is 464 g/mol. The van der Waals surface area contributed by atoms with Gasteiger partial charge in [-0.3, -0.25) is 9.79 Å². The number of thiazole rings is 1. The number of piperazine rings is 1. The van der Waals surface area contributed by atoms with E-state index >= 15 is 0 Å². The number of nitrogens with two attached hydrogens (primary N) is 1. The summed E-state index contributed by atoms with van der Waals surface area (Å²) in [5.74, 6) is 0.755. The van der Waals surface area contributed by atoms with Crippen molar-refractivity contribution >= 4 is 52.3 Å². The molecule has 0 atom stereocenters. The third-order valence-electron chi connectivity index (χ3n) is 4.35. The Bertz CT molecular complexity index is 538. The minimum absolute atomic E-state index is 0. The van der Waals surface area contributed by atoms with Crippen LogP contribution in [0.25, 0.3) is 0 Å². The van der Waals surface area contributed by atoms with Crippen LogP contribution in [0.1, 0.15) is 19.3 Å². The first-order valence-corrected chi connectivity index (χ1v) is 9.09. The molecule has 2 aliphatic heterocycles. The van der Waals surface area contributed by atoms with Crippen molar-refractivity contribution in [3.63, 3.8) is 0 Å². The zero-order chi connectivity index (χ0) is 16.1. The lowest BCUT2D eigenvalue weighted by atomic mass is 10.3. The van der Waals surface area contributed by atoms with E-state index in [1.54, 1.807) is 11.3 Å². The number of aromatic nitrogens is 1. The lowest BCUT2D eigenvalue weighted by Crippen LogP contribution is -2.51. The summed E-state index contributed by atoms with van der Waals surface area (Å²) in [7, 11) is 0. The maximum atomic E-state index is 12.0. The van der Waals surface area contributed by atoms with Crippen molar-refractivity contribution in [2.75, 3.05) is 50.7 Å². The normalized spacial score (nSPS) is 18.7. The number of guanidine groups is 1. The number of hydrogen-bond acceptors (Lipinski definition) is 5. The molecule has 2 fully saturated rings. The molecule has 3 heterocycles. The molecule has 3 rings (SSSR count). The third-order valence-corrected chi connectivity index (χ3v) is 5.18. The first kappa shape index (κ1) is 19.2. The molecule has 7 nitrogen and oxygen atoms in total. The molecule has 0 aromatic carbocycles. The molecule has 2 N–H and O–H groups in total. The zero-order valence-corrected chi connectivity index (χ0v) is 16.9. The van der Waals surface area contributed by atoms with Gasteiger partial charge in [0.15, 0.2) is 11.1 Å². The number of carbonyl (C=O) groups is 1. The van der Waals surface area contributed by atoms with Crippen LogP contribution in [-0.2, 0) is 4.79 Å². The van der Waals surface area contributed by atoms with E-state index in [0.29, 0.717) is 18.9 Å². The van der Waals surface area contributed by atoms with Gasteiger partial charge in [-0.05, 0) is 12.8 Å². The number of nitrogens with zero attached hydrogens (tertiary/aromatic N) is 5. The van der Waals surface area contributed by atoms with E-state index in [1.807, 2.05) is 16.5 Å². The van der Waals surface area contributed by atoms with E-state index < -0.39 is 0 Å². The maximum Gasteiger partial charge on any atom is 0.224 e. The van der Waals surface area contributed by atoms with Crippen molar-refractivity contribution in [3.8, 4) is 0 Å². The Hall–Kier alpha value is -1.10. The van der Waals surface area contributed by atoms with Gasteiger partial charge in [-0.2, -0.15) is 0 Å². The van der Waals surface area contributed by atoms with Gasteiger partial charge in [0.05, 0.1) is 6.54 Å². The van der Waals surface area contributed by atoms with Gasteiger partial charge >= 0.3 is 0 Å². The molecule has 0 spiro atoms. The summed E-state index contributed by atoms with van der Waals surface area (Å²) in [5, 5.41) is 3.06. The van der Waals surface area contributed by atoms with Gasteiger partial charge in [0.1, 0.15) is 0 Å². The second kappa shape index (κ2) is 9.40. The van der Waals surface area contributed by atoms with E-state index in [-0.39, 0.29) is 29.9 Å². The van der Waals surface area contributed by atoms with Crippen LogP contribution in [0.5, 0.6) is 0 Å². The molecule has 1 aromatic heterocycles. The molecule has 0 radical (unpaired) electrons. The molecule has 9 heteroatoms. The van der Waals surface area contributed by atoms with Crippen LogP contribution in [0.3, 0.4) is 0 Å². The molecule has 0 aliphatic carbocycles. The topological polar surface area (TPSA) is 78.1 Å². The summed E-state index contributed by atoms with van der Waals surface area (Å²) < 4.78 is 0. The lowest BCUT2D eigenvalue weighted by Gasteiger charge is -2.35. The summed E-state index contributed by atoms with van der Waals surface area (Å²) >= 11 is 1.66. The van der Waals surface area contributed by atoms with E-state index in [4.69, 9.17) is 5.73 Å². The number of anilines is 1. The fourth-order valence-corrected chi connectivity index (χ4v) is 3.69. The van der Waals surface area contributed by atoms with E-state index in [2.05, 4.69) is 19.8 Å². The van der Waals surface area contributed by atoms with Crippen molar-refractivity contribution < 1.29 is 4.79 Å². The SMILES string of the molecule is I.NC(=NCCC(=O)N1CCCC1)N1CCN(c2nccs2)CC1. The van der Waals surface area contributed by atoms with Gasteiger partial charge in [-0.1, -0.05) is 0 Å². The summed E-state index contributed by atoms with van der Waals surface area (Å²) in [6.07, 6.45) is 4.54. The smallest absolute Gasteiger partial charge is 0.224 e. The van der Waals surface area contributed by atoms with Crippen LogP contribution < -0.4 is 10.6 Å². The van der Waals surface area contributed by atoms with Gasteiger partial charge in [0, 0.05) is 57.3 Å². The molecule has 0 saturated carbocycles. The lowest BCUT2D eigenvalue weighted by molar-refractivity contribution is -0.129. The van der Waals surface area contributed by atoms with Crippen molar-refractivity contribution in [1.29, 1.82) is 0 Å². The molecule has 24 heavy (non-hydrogen) atoms. The minimum Gasteiger partial charge on any atom is -0.370 e. The van der Waals surface area contributed by atoms with Gasteiger partial charge in [0.2, 0.25) is 5.91 Å². The molecular weight excluding hydrogens is 439 g/mol. The minimum atomic E-state index is 0.